The fraction of sp³-hybridized carbons (Fsp3) is 0.353. The highest BCUT2D eigenvalue weighted by atomic mass is 19.4. The molecule has 2 aromatic rings. The molecular weight excluding hydrogens is 321 g/mol. The molecule has 1 aromatic heterocycles. The molecule has 0 aliphatic rings. The SMILES string of the molecule is CCOc1ccc(NC(Cc2ccncc2)C(F)(F)F)cc1CO. The molecule has 7 heteroatoms. The van der Waals surface area contributed by atoms with E-state index in [9.17, 15) is 18.3 Å². The van der Waals surface area contributed by atoms with E-state index in [1.54, 1.807) is 25.1 Å². The Labute approximate surface area is 138 Å². The van der Waals surface area contributed by atoms with E-state index in [1.165, 1.54) is 24.5 Å². The van der Waals surface area contributed by atoms with E-state index in [0.29, 0.717) is 23.5 Å². The minimum atomic E-state index is -4.42. The first-order chi connectivity index (χ1) is 11.4. The van der Waals surface area contributed by atoms with Crippen LogP contribution in [-0.4, -0.2) is 28.9 Å². The molecule has 0 aliphatic carbocycles. The third-order valence-electron chi connectivity index (χ3n) is 3.46. The number of halogens is 3. The van der Waals surface area contributed by atoms with Crippen LogP contribution in [0.1, 0.15) is 18.1 Å². The van der Waals surface area contributed by atoms with Crippen molar-refractivity contribution >= 4 is 5.69 Å². The Bertz CT molecular complexity index is 648. The molecule has 0 bridgehead atoms. The van der Waals surface area contributed by atoms with Crippen molar-refractivity contribution in [3.8, 4) is 5.75 Å². The number of ether oxygens (including phenoxy) is 1. The third kappa shape index (κ3) is 4.86. The molecule has 1 aromatic carbocycles. The molecule has 24 heavy (non-hydrogen) atoms. The number of nitrogens with zero attached hydrogens (tertiary/aromatic N) is 1. The number of hydrogen-bond donors (Lipinski definition) is 2. The molecule has 4 nitrogen and oxygen atoms in total. The van der Waals surface area contributed by atoms with Crippen molar-refractivity contribution in [1.29, 1.82) is 0 Å². The molecule has 1 heterocycles. The smallest absolute Gasteiger partial charge is 0.408 e. The van der Waals surface area contributed by atoms with Gasteiger partial charge in [-0.3, -0.25) is 4.98 Å². The van der Waals surface area contributed by atoms with Crippen LogP contribution in [0.4, 0.5) is 18.9 Å². The highest BCUT2D eigenvalue weighted by Gasteiger charge is 2.39. The average molecular weight is 340 g/mol. The standard InChI is InChI=1S/C17H19F3N2O2/c1-2-24-15-4-3-14(10-13(15)11-23)22-16(17(18,19)20)9-12-5-7-21-8-6-12/h3-8,10,16,22-23H,2,9,11H2,1H3. The maximum absolute atomic E-state index is 13.3. The third-order valence-corrected chi connectivity index (χ3v) is 3.46. The number of benzene rings is 1. The quantitative estimate of drug-likeness (QED) is 0.809. The van der Waals surface area contributed by atoms with Crippen LogP contribution < -0.4 is 10.1 Å². The molecule has 130 valence electrons. The van der Waals surface area contributed by atoms with Crippen LogP contribution in [0.2, 0.25) is 0 Å². The first-order valence-electron chi connectivity index (χ1n) is 7.52. The van der Waals surface area contributed by atoms with Crippen molar-refractivity contribution in [3.05, 3.63) is 53.9 Å². The summed E-state index contributed by atoms with van der Waals surface area (Å²) in [5.41, 5.74) is 1.25. The van der Waals surface area contributed by atoms with Gasteiger partial charge < -0.3 is 15.2 Å². The Morgan fingerprint density at radius 3 is 2.50 bits per heavy atom. The maximum atomic E-state index is 13.3. The number of alkyl halides is 3. The summed E-state index contributed by atoms with van der Waals surface area (Å²) in [5, 5.41) is 11.9. The van der Waals surface area contributed by atoms with E-state index in [2.05, 4.69) is 10.3 Å². The van der Waals surface area contributed by atoms with Crippen molar-refractivity contribution < 1.29 is 23.0 Å². The van der Waals surface area contributed by atoms with E-state index in [-0.39, 0.29) is 18.7 Å². The Hall–Kier alpha value is -2.28. The van der Waals surface area contributed by atoms with Gasteiger partial charge in [0.15, 0.2) is 0 Å². The molecule has 0 fully saturated rings. The molecule has 0 saturated carbocycles. The van der Waals surface area contributed by atoms with Crippen LogP contribution >= 0.6 is 0 Å². The summed E-state index contributed by atoms with van der Waals surface area (Å²) in [5.74, 6) is 0.461. The predicted octanol–water partition coefficient (Wildman–Crippen LogP) is 3.56. The zero-order valence-electron chi connectivity index (χ0n) is 13.2. The van der Waals surface area contributed by atoms with Crippen molar-refractivity contribution in [3.63, 3.8) is 0 Å². The lowest BCUT2D eigenvalue weighted by atomic mass is 10.1. The summed E-state index contributed by atoms with van der Waals surface area (Å²) in [6, 6.07) is 5.89. The fourth-order valence-electron chi connectivity index (χ4n) is 2.29. The van der Waals surface area contributed by atoms with Crippen LogP contribution in [0.3, 0.4) is 0 Å². The molecular formula is C17H19F3N2O2. The van der Waals surface area contributed by atoms with Gasteiger partial charge in [-0.15, -0.1) is 0 Å². The normalized spacial score (nSPS) is 12.7. The summed E-state index contributed by atoms with van der Waals surface area (Å²) in [6.45, 7) is 1.89. The van der Waals surface area contributed by atoms with Crippen LogP contribution in [0.15, 0.2) is 42.7 Å². The number of rotatable bonds is 7. The second-order valence-electron chi connectivity index (χ2n) is 5.21. The van der Waals surface area contributed by atoms with Gasteiger partial charge in [-0.1, -0.05) is 0 Å². The van der Waals surface area contributed by atoms with Gasteiger partial charge in [0.1, 0.15) is 11.8 Å². The highest BCUT2D eigenvalue weighted by molar-refractivity contribution is 5.52. The van der Waals surface area contributed by atoms with Crippen molar-refractivity contribution in [2.45, 2.75) is 32.2 Å². The Balaban J connectivity index is 2.20. The van der Waals surface area contributed by atoms with Gasteiger partial charge in [-0.25, -0.2) is 0 Å². The molecule has 1 unspecified atom stereocenters. The van der Waals surface area contributed by atoms with E-state index in [4.69, 9.17) is 4.74 Å². The summed E-state index contributed by atoms with van der Waals surface area (Å²) in [7, 11) is 0. The zero-order valence-corrected chi connectivity index (χ0v) is 13.2. The van der Waals surface area contributed by atoms with Crippen molar-refractivity contribution in [1.82, 2.24) is 4.98 Å². The lowest BCUT2D eigenvalue weighted by Crippen LogP contribution is -2.38. The topological polar surface area (TPSA) is 54.4 Å². The van der Waals surface area contributed by atoms with Gasteiger partial charge in [0.2, 0.25) is 0 Å². The van der Waals surface area contributed by atoms with E-state index in [0.717, 1.165) is 0 Å². The van der Waals surface area contributed by atoms with Gasteiger partial charge in [-0.05, 0) is 42.8 Å². The van der Waals surface area contributed by atoms with Gasteiger partial charge in [0.05, 0.1) is 13.2 Å². The molecule has 0 spiro atoms. The Morgan fingerprint density at radius 1 is 1.21 bits per heavy atom. The average Bonchev–Trinajstić information content (AvgIpc) is 2.56. The van der Waals surface area contributed by atoms with Crippen LogP contribution in [0.25, 0.3) is 0 Å². The Kier molecular flexibility index (Phi) is 6.03. The predicted molar refractivity (Wildman–Crippen MR) is 84.9 cm³/mol. The molecule has 1 atom stereocenters. The summed E-state index contributed by atoms with van der Waals surface area (Å²) in [6.07, 6.45) is -1.71. The van der Waals surface area contributed by atoms with E-state index < -0.39 is 12.2 Å². The van der Waals surface area contributed by atoms with Gasteiger partial charge >= 0.3 is 6.18 Å². The van der Waals surface area contributed by atoms with Gasteiger partial charge in [-0.2, -0.15) is 13.2 Å². The lowest BCUT2D eigenvalue weighted by Gasteiger charge is -2.23. The molecule has 0 amide bonds. The van der Waals surface area contributed by atoms with Crippen LogP contribution in [0.5, 0.6) is 5.75 Å². The van der Waals surface area contributed by atoms with Gasteiger partial charge in [0.25, 0.3) is 0 Å². The van der Waals surface area contributed by atoms with Gasteiger partial charge in [0, 0.05) is 30.1 Å². The summed E-state index contributed by atoms with van der Waals surface area (Å²) >= 11 is 0. The molecule has 0 saturated heterocycles. The zero-order chi connectivity index (χ0) is 17.6. The lowest BCUT2D eigenvalue weighted by molar-refractivity contribution is -0.142. The molecule has 0 aliphatic heterocycles. The Morgan fingerprint density at radius 2 is 1.92 bits per heavy atom. The minimum absolute atomic E-state index is 0.215. The minimum Gasteiger partial charge on any atom is -0.494 e. The fourth-order valence-corrected chi connectivity index (χ4v) is 2.29. The molecule has 2 rings (SSSR count). The number of anilines is 1. The first-order valence-corrected chi connectivity index (χ1v) is 7.52. The molecule has 2 N–H and O–H groups in total. The number of aromatic nitrogens is 1. The second kappa shape index (κ2) is 8.01. The molecule has 0 radical (unpaired) electrons. The van der Waals surface area contributed by atoms with Crippen molar-refractivity contribution in [2.24, 2.45) is 0 Å². The number of aliphatic hydroxyl groups is 1. The van der Waals surface area contributed by atoms with Crippen LogP contribution in [0, 0.1) is 0 Å². The number of aliphatic hydroxyl groups excluding tert-OH is 1. The second-order valence-corrected chi connectivity index (χ2v) is 5.21. The summed E-state index contributed by atoms with van der Waals surface area (Å²) < 4.78 is 45.3. The number of pyridine rings is 1. The maximum Gasteiger partial charge on any atom is 0.408 e. The number of nitrogens with one attached hydrogen (secondary N) is 1. The van der Waals surface area contributed by atoms with E-state index in [1.807, 2.05) is 0 Å². The van der Waals surface area contributed by atoms with Crippen molar-refractivity contribution in [2.75, 3.05) is 11.9 Å². The monoisotopic (exact) mass is 340 g/mol. The first kappa shape index (κ1) is 18.1. The largest absolute Gasteiger partial charge is 0.494 e. The number of hydrogen-bond acceptors (Lipinski definition) is 4. The van der Waals surface area contributed by atoms with E-state index >= 15 is 0 Å². The highest BCUT2D eigenvalue weighted by Crippen LogP contribution is 2.29. The van der Waals surface area contributed by atoms with Crippen LogP contribution in [-0.2, 0) is 13.0 Å². The summed E-state index contributed by atoms with van der Waals surface area (Å²) in [4.78, 5) is 3.81.